The van der Waals surface area contributed by atoms with Crippen LogP contribution in [0.2, 0.25) is 0 Å². The van der Waals surface area contributed by atoms with E-state index in [1.807, 2.05) is 59.5 Å². The number of Topliss-reactive ketones (excluding diaryl/α,β-unsaturated/α-hetero) is 1. The molecule has 0 saturated carbocycles. The van der Waals surface area contributed by atoms with Crippen LogP contribution in [0.25, 0.3) is 0 Å². The van der Waals surface area contributed by atoms with E-state index in [9.17, 15) is 15.3 Å². The average Bonchev–Trinajstić information content (AvgIpc) is 3.11. The van der Waals surface area contributed by atoms with Crippen LogP contribution in [0.15, 0.2) is 82.3 Å². The van der Waals surface area contributed by atoms with E-state index in [1.54, 1.807) is 0 Å². The Morgan fingerprint density at radius 2 is 1.65 bits per heavy atom. The topological polar surface area (TPSA) is 106 Å². The molecule has 0 radical (unpaired) electrons. The molecule has 2 aromatic carbocycles. The van der Waals surface area contributed by atoms with Crippen molar-refractivity contribution in [3.8, 4) is 12.1 Å². The molecule has 0 bridgehead atoms. The molecule has 6 nitrogen and oxygen atoms in total. The maximum atomic E-state index is 13.8. The molecule has 0 aromatic heterocycles. The van der Waals surface area contributed by atoms with Gasteiger partial charge in [0, 0.05) is 35.2 Å². The Balaban J connectivity index is 1.78. The molecule has 6 heteroatoms. The summed E-state index contributed by atoms with van der Waals surface area (Å²) in [6, 6.07) is 22.3. The number of nitrogens with zero attached hydrogens (tertiary/aromatic N) is 4. The number of hydrogen-bond acceptors (Lipinski definition) is 6. The van der Waals surface area contributed by atoms with Crippen molar-refractivity contribution in [2.24, 2.45) is 21.6 Å². The van der Waals surface area contributed by atoms with Gasteiger partial charge in [0.2, 0.25) is 0 Å². The highest BCUT2D eigenvalue weighted by Crippen LogP contribution is 2.67. The zero-order valence-corrected chi connectivity index (χ0v) is 19.0. The van der Waals surface area contributed by atoms with Gasteiger partial charge in [0.15, 0.2) is 5.78 Å². The first-order valence-corrected chi connectivity index (χ1v) is 11.4. The number of para-hydroxylation sites is 1. The van der Waals surface area contributed by atoms with E-state index in [0.29, 0.717) is 29.8 Å². The minimum Gasteiger partial charge on any atom is -0.383 e. The van der Waals surface area contributed by atoms with Gasteiger partial charge < -0.3 is 10.6 Å². The Kier molecular flexibility index (Phi) is 4.02. The van der Waals surface area contributed by atoms with Gasteiger partial charge >= 0.3 is 0 Å². The molecular formula is C28H23N5O. The highest BCUT2D eigenvalue weighted by atomic mass is 16.1. The number of hydrogen-bond donors (Lipinski definition) is 1. The van der Waals surface area contributed by atoms with E-state index in [4.69, 9.17) is 10.7 Å². The summed E-state index contributed by atoms with van der Waals surface area (Å²) < 4.78 is 0. The third kappa shape index (κ3) is 2.38. The molecule has 0 unspecified atom stereocenters. The number of nitriles is 2. The van der Waals surface area contributed by atoms with E-state index in [0.717, 1.165) is 22.5 Å². The second-order valence-electron chi connectivity index (χ2n) is 10.3. The van der Waals surface area contributed by atoms with Crippen LogP contribution < -0.4 is 10.6 Å². The van der Waals surface area contributed by atoms with Gasteiger partial charge in [-0.15, -0.1) is 0 Å². The Morgan fingerprint density at radius 3 is 2.29 bits per heavy atom. The molecule has 2 heterocycles. The van der Waals surface area contributed by atoms with Crippen molar-refractivity contribution in [3.63, 3.8) is 0 Å². The van der Waals surface area contributed by atoms with Crippen molar-refractivity contribution in [2.45, 2.75) is 38.5 Å². The van der Waals surface area contributed by atoms with E-state index < -0.39 is 17.3 Å². The lowest BCUT2D eigenvalue weighted by Gasteiger charge is -2.51. The summed E-state index contributed by atoms with van der Waals surface area (Å²) in [5.41, 5.74) is 9.39. The highest BCUT2D eigenvalue weighted by Gasteiger charge is 2.67. The molecule has 0 amide bonds. The number of aliphatic imine (C=N–C) groups is 1. The number of anilines is 1. The first kappa shape index (κ1) is 20.4. The lowest BCUT2D eigenvalue weighted by atomic mass is 9.58. The van der Waals surface area contributed by atoms with Crippen LogP contribution in [0.1, 0.15) is 49.7 Å². The maximum Gasteiger partial charge on any atom is 0.161 e. The molecule has 0 spiro atoms. The summed E-state index contributed by atoms with van der Waals surface area (Å²) in [7, 11) is 0. The molecule has 166 valence electrons. The van der Waals surface area contributed by atoms with Gasteiger partial charge in [0.05, 0.1) is 17.7 Å². The lowest BCUT2D eigenvalue weighted by Crippen LogP contribution is -2.56. The number of benzene rings is 2. The molecule has 34 heavy (non-hydrogen) atoms. The number of rotatable bonds is 1. The average molecular weight is 446 g/mol. The molecule has 2 aliphatic heterocycles. The molecule has 6 rings (SSSR count). The molecule has 2 aromatic rings. The van der Waals surface area contributed by atoms with Gasteiger partial charge in [-0.1, -0.05) is 56.3 Å². The van der Waals surface area contributed by atoms with Gasteiger partial charge in [-0.05, 0) is 35.1 Å². The largest absolute Gasteiger partial charge is 0.383 e. The van der Waals surface area contributed by atoms with Crippen LogP contribution in [0, 0.1) is 33.5 Å². The first-order valence-electron chi connectivity index (χ1n) is 11.4. The number of amidine groups is 1. The van der Waals surface area contributed by atoms with Crippen molar-refractivity contribution < 1.29 is 4.79 Å². The SMILES string of the molecule is CC1(C)CC(=O)C2=C(C1)N(c1ccccc1)C1=NC(N)=C(C#N)[C@H]3c4ccccc4[C@@H]2[C@@]13C#N. The lowest BCUT2D eigenvalue weighted by molar-refractivity contribution is -0.118. The molecule has 0 saturated heterocycles. The number of ketones is 1. The second kappa shape index (κ2) is 6.68. The van der Waals surface area contributed by atoms with Crippen LogP contribution in [0.3, 0.4) is 0 Å². The molecule has 4 aliphatic rings. The van der Waals surface area contributed by atoms with Crippen molar-refractivity contribution in [3.05, 3.63) is 88.4 Å². The summed E-state index contributed by atoms with van der Waals surface area (Å²) in [5.74, 6) is -0.377. The third-order valence-corrected chi connectivity index (χ3v) is 7.68. The van der Waals surface area contributed by atoms with Crippen LogP contribution in [0.5, 0.6) is 0 Å². The van der Waals surface area contributed by atoms with Gasteiger partial charge in [0.25, 0.3) is 0 Å². The van der Waals surface area contributed by atoms with Gasteiger partial charge in [0.1, 0.15) is 17.1 Å². The number of nitrogens with two attached hydrogens (primary N) is 1. The summed E-state index contributed by atoms with van der Waals surface area (Å²) in [5, 5.41) is 21.0. The van der Waals surface area contributed by atoms with Crippen LogP contribution >= 0.6 is 0 Å². The van der Waals surface area contributed by atoms with Crippen molar-refractivity contribution >= 4 is 17.3 Å². The second-order valence-corrected chi connectivity index (χ2v) is 10.3. The third-order valence-electron chi connectivity index (χ3n) is 7.68. The smallest absolute Gasteiger partial charge is 0.161 e. The van der Waals surface area contributed by atoms with Crippen LogP contribution in [0.4, 0.5) is 5.69 Å². The molecule has 0 fully saturated rings. The number of carbonyl (C=O) groups is 1. The Bertz CT molecular complexity index is 1450. The predicted molar refractivity (Wildman–Crippen MR) is 128 cm³/mol. The first-order chi connectivity index (χ1) is 16.3. The zero-order valence-electron chi connectivity index (χ0n) is 19.0. The molecule has 3 atom stereocenters. The van der Waals surface area contributed by atoms with E-state index in [-0.39, 0.29) is 17.0 Å². The fraction of sp³-hybridized carbons (Fsp3) is 0.286. The van der Waals surface area contributed by atoms with Crippen LogP contribution in [-0.4, -0.2) is 11.6 Å². The minimum atomic E-state index is -1.23. The summed E-state index contributed by atoms with van der Waals surface area (Å²) in [6.07, 6.45) is 1.08. The number of fused-ring (bicyclic) bond motifs is 4. The molecule has 2 aliphatic carbocycles. The standard InChI is InChI=1S/C28H23N5O/c1-27(2)12-20-22(21(34)13-27)24-18-11-7-6-10-17(18)23-19(14-29)25(31)32-26(28(23,24)15-30)33(20)16-8-4-3-5-9-16/h3-11,23-24H,12-13,31H2,1-2H3/t23-,24+,28+/m1/s1. The summed E-state index contributed by atoms with van der Waals surface area (Å²) in [6.45, 7) is 4.19. The zero-order chi connectivity index (χ0) is 23.8. The van der Waals surface area contributed by atoms with Crippen LogP contribution in [-0.2, 0) is 4.79 Å². The quantitative estimate of drug-likeness (QED) is 0.688. The summed E-state index contributed by atoms with van der Waals surface area (Å²) in [4.78, 5) is 20.6. The highest BCUT2D eigenvalue weighted by molar-refractivity contribution is 6.16. The number of allylic oxidation sites excluding steroid dienone is 3. The van der Waals surface area contributed by atoms with Gasteiger partial charge in [-0.3, -0.25) is 4.79 Å². The van der Waals surface area contributed by atoms with Gasteiger partial charge in [-0.25, -0.2) is 4.99 Å². The molecular weight excluding hydrogens is 422 g/mol. The van der Waals surface area contributed by atoms with E-state index in [2.05, 4.69) is 26.0 Å². The normalized spacial score (nSPS) is 28.4. The monoisotopic (exact) mass is 445 g/mol. The predicted octanol–water partition coefficient (Wildman–Crippen LogP) is 4.65. The fourth-order valence-electron chi connectivity index (χ4n) is 6.48. The van der Waals surface area contributed by atoms with Crippen molar-refractivity contribution in [2.75, 3.05) is 4.90 Å². The molecule has 2 N–H and O–H groups in total. The summed E-state index contributed by atoms with van der Waals surface area (Å²) >= 11 is 0. The Morgan fingerprint density at radius 1 is 1.00 bits per heavy atom. The van der Waals surface area contributed by atoms with E-state index >= 15 is 0 Å². The number of carbonyl (C=O) groups excluding carboxylic acids is 1. The van der Waals surface area contributed by atoms with Crippen molar-refractivity contribution in [1.29, 1.82) is 10.5 Å². The van der Waals surface area contributed by atoms with E-state index in [1.165, 1.54) is 0 Å². The van der Waals surface area contributed by atoms with Gasteiger partial charge in [-0.2, -0.15) is 10.5 Å². The Labute approximate surface area is 198 Å². The van der Waals surface area contributed by atoms with Crippen molar-refractivity contribution in [1.82, 2.24) is 0 Å². The maximum absolute atomic E-state index is 13.8. The fourth-order valence-corrected chi connectivity index (χ4v) is 6.48. The Hall–Kier alpha value is -4.16. The minimum absolute atomic E-state index is 0.0577.